The van der Waals surface area contributed by atoms with E-state index in [9.17, 15) is 13.2 Å². The lowest BCUT2D eigenvalue weighted by Crippen LogP contribution is -2.45. The molecule has 2 aromatic carbocycles. The maximum atomic E-state index is 13.4. The number of hydrogen-bond donors (Lipinski definition) is 1. The fourth-order valence-electron chi connectivity index (χ4n) is 4.05. The van der Waals surface area contributed by atoms with Crippen LogP contribution in [0.1, 0.15) is 24.8 Å². The molecule has 8 heteroatoms. The number of carbonyl (C=O) groups is 1. The van der Waals surface area contributed by atoms with Gasteiger partial charge in [-0.25, -0.2) is 8.42 Å². The van der Waals surface area contributed by atoms with Crippen LogP contribution in [0.3, 0.4) is 0 Å². The Kier molecular flexibility index (Phi) is 6.60. The molecule has 1 heterocycles. The van der Waals surface area contributed by atoms with Gasteiger partial charge >= 0.3 is 0 Å². The second-order valence-electron chi connectivity index (χ2n) is 8.23. The van der Waals surface area contributed by atoms with E-state index in [4.69, 9.17) is 4.74 Å². The van der Waals surface area contributed by atoms with Gasteiger partial charge in [0.1, 0.15) is 5.75 Å². The first-order valence-electron chi connectivity index (χ1n) is 10.7. The van der Waals surface area contributed by atoms with Crippen molar-refractivity contribution in [2.45, 2.75) is 37.1 Å². The van der Waals surface area contributed by atoms with E-state index in [1.54, 1.807) is 31.4 Å². The van der Waals surface area contributed by atoms with Crippen molar-refractivity contribution in [2.24, 2.45) is 0 Å². The first-order valence-corrected chi connectivity index (χ1v) is 12.2. The summed E-state index contributed by atoms with van der Waals surface area (Å²) < 4.78 is 33.4. The van der Waals surface area contributed by atoms with Crippen LogP contribution in [0.5, 0.6) is 5.75 Å². The summed E-state index contributed by atoms with van der Waals surface area (Å²) in [5.74, 6) is 0.303. The summed E-state index contributed by atoms with van der Waals surface area (Å²) in [5, 5.41) is 2.33. The summed E-state index contributed by atoms with van der Waals surface area (Å²) in [5.41, 5.74) is 1.77. The van der Waals surface area contributed by atoms with Crippen LogP contribution in [0.2, 0.25) is 0 Å². The van der Waals surface area contributed by atoms with Crippen molar-refractivity contribution in [1.82, 2.24) is 9.21 Å². The SMILES string of the molecule is COc1cccc(NC(=O)CN(C2CC2)S(=O)(=O)C2CCN(Cc3ccccc3)C2)c1. The number of carbonyl (C=O) groups excluding carboxylic acids is 1. The molecule has 7 nitrogen and oxygen atoms in total. The fourth-order valence-corrected chi connectivity index (χ4v) is 6.16. The van der Waals surface area contributed by atoms with Crippen LogP contribution in [0.25, 0.3) is 0 Å². The lowest BCUT2D eigenvalue weighted by molar-refractivity contribution is -0.116. The number of likely N-dealkylation sites (tertiary alicyclic amines) is 1. The average molecular weight is 444 g/mol. The van der Waals surface area contributed by atoms with Crippen LogP contribution in [0, 0.1) is 0 Å². The summed E-state index contributed by atoms with van der Waals surface area (Å²) in [4.78, 5) is 14.8. The molecular weight excluding hydrogens is 414 g/mol. The Bertz CT molecular complexity index is 1010. The second-order valence-corrected chi connectivity index (χ2v) is 10.4. The van der Waals surface area contributed by atoms with E-state index < -0.39 is 15.3 Å². The molecule has 0 bridgehead atoms. The van der Waals surface area contributed by atoms with Gasteiger partial charge < -0.3 is 10.1 Å². The highest BCUT2D eigenvalue weighted by atomic mass is 32.2. The number of nitrogens with zero attached hydrogens (tertiary/aromatic N) is 2. The largest absolute Gasteiger partial charge is 0.497 e. The van der Waals surface area contributed by atoms with Gasteiger partial charge in [-0.3, -0.25) is 9.69 Å². The van der Waals surface area contributed by atoms with Gasteiger partial charge in [-0.2, -0.15) is 4.31 Å². The molecule has 31 heavy (non-hydrogen) atoms. The minimum absolute atomic E-state index is 0.0655. The van der Waals surface area contributed by atoms with E-state index in [0.717, 1.165) is 25.9 Å². The highest BCUT2D eigenvalue weighted by Gasteiger charge is 2.44. The summed E-state index contributed by atoms with van der Waals surface area (Å²) in [6.07, 6.45) is 2.22. The average Bonchev–Trinajstić information content (AvgIpc) is 3.50. The zero-order chi connectivity index (χ0) is 21.8. The maximum absolute atomic E-state index is 13.4. The summed E-state index contributed by atoms with van der Waals surface area (Å²) >= 11 is 0. The van der Waals surface area contributed by atoms with Crippen molar-refractivity contribution < 1.29 is 17.9 Å². The molecule has 0 spiro atoms. The Hall–Kier alpha value is -2.42. The number of rotatable bonds is 9. The van der Waals surface area contributed by atoms with Gasteiger partial charge in [-0.1, -0.05) is 36.4 Å². The van der Waals surface area contributed by atoms with Crippen LogP contribution in [0.4, 0.5) is 5.69 Å². The number of hydrogen-bond acceptors (Lipinski definition) is 5. The van der Waals surface area contributed by atoms with Gasteiger partial charge in [0, 0.05) is 30.9 Å². The van der Waals surface area contributed by atoms with E-state index in [1.807, 2.05) is 18.2 Å². The molecule has 2 aromatic rings. The highest BCUT2D eigenvalue weighted by molar-refractivity contribution is 7.89. The van der Waals surface area contributed by atoms with Crippen LogP contribution < -0.4 is 10.1 Å². The third-order valence-electron chi connectivity index (χ3n) is 5.83. The number of ether oxygens (including phenoxy) is 1. The van der Waals surface area contributed by atoms with Gasteiger partial charge in [-0.05, 0) is 43.5 Å². The molecule has 1 atom stereocenters. The lowest BCUT2D eigenvalue weighted by atomic mass is 10.2. The van der Waals surface area contributed by atoms with Crippen LogP contribution in [-0.4, -0.2) is 61.6 Å². The van der Waals surface area contributed by atoms with E-state index in [0.29, 0.717) is 24.4 Å². The Labute approximate surface area is 184 Å². The smallest absolute Gasteiger partial charge is 0.239 e. The van der Waals surface area contributed by atoms with Gasteiger partial charge in [0.05, 0.1) is 18.9 Å². The number of anilines is 1. The quantitative estimate of drug-likeness (QED) is 0.645. The van der Waals surface area contributed by atoms with E-state index in [2.05, 4.69) is 22.3 Å². The summed E-state index contributed by atoms with van der Waals surface area (Å²) in [7, 11) is -2.00. The molecule has 4 rings (SSSR count). The molecule has 1 N–H and O–H groups in total. The Morgan fingerprint density at radius 3 is 2.61 bits per heavy atom. The second kappa shape index (κ2) is 9.38. The predicted octanol–water partition coefficient (Wildman–Crippen LogP) is 2.70. The zero-order valence-electron chi connectivity index (χ0n) is 17.7. The minimum Gasteiger partial charge on any atom is -0.497 e. The zero-order valence-corrected chi connectivity index (χ0v) is 18.6. The Balaban J connectivity index is 1.39. The summed E-state index contributed by atoms with van der Waals surface area (Å²) in [6, 6.07) is 17.1. The van der Waals surface area contributed by atoms with Crippen molar-refractivity contribution in [1.29, 1.82) is 0 Å². The molecule has 1 aliphatic carbocycles. The minimum atomic E-state index is -3.56. The molecule has 1 aliphatic heterocycles. The third-order valence-corrected chi connectivity index (χ3v) is 8.14. The molecule has 1 saturated heterocycles. The fraction of sp³-hybridized carbons (Fsp3) is 0.435. The number of nitrogens with one attached hydrogen (secondary N) is 1. The van der Waals surface area contributed by atoms with Crippen molar-refractivity contribution in [3.8, 4) is 5.75 Å². The molecular formula is C23H29N3O4S. The molecule has 0 radical (unpaired) electrons. The van der Waals surface area contributed by atoms with Gasteiger partial charge in [0.15, 0.2) is 0 Å². The van der Waals surface area contributed by atoms with E-state index >= 15 is 0 Å². The molecule has 2 fully saturated rings. The van der Waals surface area contributed by atoms with Gasteiger partial charge in [-0.15, -0.1) is 0 Å². The normalized spacial score (nSPS) is 19.5. The van der Waals surface area contributed by atoms with Crippen molar-refractivity contribution in [3.63, 3.8) is 0 Å². The molecule has 1 amide bonds. The van der Waals surface area contributed by atoms with Crippen LogP contribution in [-0.2, 0) is 21.4 Å². The Morgan fingerprint density at radius 2 is 1.90 bits per heavy atom. The predicted molar refractivity (Wildman–Crippen MR) is 120 cm³/mol. The first-order chi connectivity index (χ1) is 15.0. The molecule has 1 saturated carbocycles. The van der Waals surface area contributed by atoms with E-state index in [-0.39, 0.29) is 18.5 Å². The van der Waals surface area contributed by atoms with Crippen LogP contribution in [0.15, 0.2) is 54.6 Å². The van der Waals surface area contributed by atoms with E-state index in [1.165, 1.54) is 9.87 Å². The van der Waals surface area contributed by atoms with Crippen molar-refractivity contribution >= 4 is 21.6 Å². The van der Waals surface area contributed by atoms with Crippen LogP contribution >= 0.6 is 0 Å². The molecule has 0 aromatic heterocycles. The highest BCUT2D eigenvalue weighted by Crippen LogP contribution is 2.33. The molecule has 166 valence electrons. The maximum Gasteiger partial charge on any atom is 0.239 e. The number of sulfonamides is 1. The van der Waals surface area contributed by atoms with Gasteiger partial charge in [0.25, 0.3) is 0 Å². The topological polar surface area (TPSA) is 79.0 Å². The monoisotopic (exact) mass is 443 g/mol. The molecule has 2 aliphatic rings. The lowest BCUT2D eigenvalue weighted by Gasteiger charge is -2.25. The molecule has 1 unspecified atom stereocenters. The van der Waals surface area contributed by atoms with Crippen molar-refractivity contribution in [2.75, 3.05) is 32.1 Å². The van der Waals surface area contributed by atoms with Crippen molar-refractivity contribution in [3.05, 3.63) is 60.2 Å². The van der Waals surface area contributed by atoms with Gasteiger partial charge in [0.2, 0.25) is 15.9 Å². The number of benzene rings is 2. The first kappa shape index (κ1) is 21.8. The third kappa shape index (κ3) is 5.44. The number of methoxy groups -OCH3 is 1. The number of amides is 1. The standard InChI is InChI=1S/C23H29N3O4S/c1-30-21-9-5-8-19(14-21)24-23(27)17-26(20-10-11-20)31(28,29)22-12-13-25(16-22)15-18-6-3-2-4-7-18/h2-9,14,20,22H,10-13,15-17H2,1H3,(H,24,27). The summed E-state index contributed by atoms with van der Waals surface area (Å²) in [6.45, 7) is 1.83. The Morgan fingerprint density at radius 1 is 1.13 bits per heavy atom.